The summed E-state index contributed by atoms with van der Waals surface area (Å²) in [6, 6.07) is 12.1. The SMILES string of the molecule is O=C(Nc1ccc(-n2ccnc2)c(Cl)c1)c1cccc(N2CCOC2=O)c1. The van der Waals surface area contributed by atoms with Gasteiger partial charge in [-0.3, -0.25) is 9.69 Å². The molecule has 2 amide bonds. The third-order valence-corrected chi connectivity index (χ3v) is 4.47. The molecule has 0 unspecified atom stereocenters. The Bertz CT molecular complexity index is 1000. The quantitative estimate of drug-likeness (QED) is 0.745. The van der Waals surface area contributed by atoms with E-state index in [1.807, 2.05) is 0 Å². The highest BCUT2D eigenvalue weighted by Gasteiger charge is 2.24. The van der Waals surface area contributed by atoms with Crippen molar-refractivity contribution in [3.8, 4) is 5.69 Å². The van der Waals surface area contributed by atoms with Crippen molar-refractivity contribution in [2.75, 3.05) is 23.4 Å². The highest BCUT2D eigenvalue weighted by Crippen LogP contribution is 2.25. The van der Waals surface area contributed by atoms with Crippen LogP contribution in [0.1, 0.15) is 10.4 Å². The minimum Gasteiger partial charge on any atom is -0.447 e. The standard InChI is InChI=1S/C19H15ClN4O3/c20-16-11-14(4-5-17(16)23-7-6-21-12-23)22-18(25)13-2-1-3-15(10-13)24-8-9-27-19(24)26/h1-7,10-12H,8-9H2,(H,22,25). The third-order valence-electron chi connectivity index (χ3n) is 4.17. The molecule has 2 aromatic carbocycles. The summed E-state index contributed by atoms with van der Waals surface area (Å²) in [5.41, 5.74) is 2.39. The molecular formula is C19H15ClN4O3. The number of aromatic nitrogens is 2. The van der Waals surface area contributed by atoms with E-state index < -0.39 is 6.09 Å². The van der Waals surface area contributed by atoms with E-state index in [9.17, 15) is 9.59 Å². The zero-order chi connectivity index (χ0) is 18.8. The van der Waals surface area contributed by atoms with Crippen molar-refractivity contribution in [1.29, 1.82) is 0 Å². The summed E-state index contributed by atoms with van der Waals surface area (Å²) in [7, 11) is 0. The number of benzene rings is 2. The molecule has 1 aliphatic heterocycles. The number of amides is 2. The van der Waals surface area contributed by atoms with Gasteiger partial charge in [0, 0.05) is 29.3 Å². The second kappa shape index (κ2) is 7.13. The fourth-order valence-electron chi connectivity index (χ4n) is 2.84. The summed E-state index contributed by atoms with van der Waals surface area (Å²) in [6.45, 7) is 0.812. The van der Waals surface area contributed by atoms with E-state index in [-0.39, 0.29) is 5.91 Å². The summed E-state index contributed by atoms with van der Waals surface area (Å²) in [5.74, 6) is -0.295. The van der Waals surface area contributed by atoms with Crippen molar-refractivity contribution in [3.63, 3.8) is 0 Å². The van der Waals surface area contributed by atoms with E-state index in [4.69, 9.17) is 16.3 Å². The van der Waals surface area contributed by atoms with Gasteiger partial charge in [-0.15, -0.1) is 0 Å². The van der Waals surface area contributed by atoms with Crippen LogP contribution in [0, 0.1) is 0 Å². The fraction of sp³-hybridized carbons (Fsp3) is 0.105. The molecule has 0 atom stereocenters. The fourth-order valence-corrected chi connectivity index (χ4v) is 3.12. The van der Waals surface area contributed by atoms with Gasteiger partial charge in [-0.2, -0.15) is 0 Å². The Balaban J connectivity index is 1.52. The van der Waals surface area contributed by atoms with E-state index in [1.165, 1.54) is 4.90 Å². The second-order valence-corrected chi connectivity index (χ2v) is 6.31. The molecule has 1 saturated heterocycles. The van der Waals surface area contributed by atoms with Crippen LogP contribution in [0.15, 0.2) is 61.2 Å². The molecule has 1 fully saturated rings. The lowest BCUT2D eigenvalue weighted by atomic mass is 10.1. The van der Waals surface area contributed by atoms with Gasteiger partial charge in [0.25, 0.3) is 5.91 Å². The average molecular weight is 383 g/mol. The number of halogens is 1. The predicted octanol–water partition coefficient (Wildman–Crippen LogP) is 3.73. The van der Waals surface area contributed by atoms with Gasteiger partial charge in [0.2, 0.25) is 0 Å². The first-order chi connectivity index (χ1) is 13.1. The number of hydrogen-bond donors (Lipinski definition) is 1. The van der Waals surface area contributed by atoms with E-state index in [1.54, 1.807) is 65.8 Å². The molecular weight excluding hydrogens is 368 g/mol. The molecule has 2 heterocycles. The van der Waals surface area contributed by atoms with Crippen molar-refractivity contribution >= 4 is 35.0 Å². The maximum Gasteiger partial charge on any atom is 0.414 e. The number of carbonyl (C=O) groups is 2. The van der Waals surface area contributed by atoms with Gasteiger partial charge in [-0.1, -0.05) is 17.7 Å². The van der Waals surface area contributed by atoms with Crippen LogP contribution < -0.4 is 10.2 Å². The van der Waals surface area contributed by atoms with Crippen molar-refractivity contribution in [1.82, 2.24) is 9.55 Å². The van der Waals surface area contributed by atoms with Crippen LogP contribution >= 0.6 is 11.6 Å². The highest BCUT2D eigenvalue weighted by molar-refractivity contribution is 6.32. The number of rotatable bonds is 4. The Labute approximate surface area is 160 Å². The Morgan fingerprint density at radius 2 is 2.11 bits per heavy atom. The molecule has 0 aliphatic carbocycles. The Morgan fingerprint density at radius 3 is 2.81 bits per heavy atom. The van der Waals surface area contributed by atoms with Crippen LogP contribution in [0.5, 0.6) is 0 Å². The number of nitrogens with zero attached hydrogens (tertiary/aromatic N) is 3. The third kappa shape index (κ3) is 3.50. The van der Waals surface area contributed by atoms with Crippen LogP contribution in [0.4, 0.5) is 16.2 Å². The van der Waals surface area contributed by atoms with E-state index in [2.05, 4.69) is 10.3 Å². The van der Waals surface area contributed by atoms with E-state index in [0.717, 1.165) is 5.69 Å². The largest absolute Gasteiger partial charge is 0.447 e. The van der Waals surface area contributed by atoms with Crippen LogP contribution in [0.25, 0.3) is 5.69 Å². The molecule has 136 valence electrons. The highest BCUT2D eigenvalue weighted by atomic mass is 35.5. The van der Waals surface area contributed by atoms with Gasteiger partial charge in [0.15, 0.2) is 0 Å². The average Bonchev–Trinajstić information content (AvgIpc) is 3.34. The smallest absolute Gasteiger partial charge is 0.414 e. The molecule has 4 rings (SSSR count). The number of hydrogen-bond acceptors (Lipinski definition) is 4. The normalized spacial score (nSPS) is 13.5. The molecule has 27 heavy (non-hydrogen) atoms. The Kier molecular flexibility index (Phi) is 4.52. The number of carbonyl (C=O) groups excluding carboxylic acids is 2. The van der Waals surface area contributed by atoms with Gasteiger partial charge in [0.05, 0.1) is 23.6 Å². The maximum atomic E-state index is 12.6. The molecule has 0 spiro atoms. The summed E-state index contributed by atoms with van der Waals surface area (Å²) < 4.78 is 6.72. The summed E-state index contributed by atoms with van der Waals surface area (Å²) in [4.78, 5) is 29.8. The number of anilines is 2. The zero-order valence-corrected chi connectivity index (χ0v) is 14.9. The van der Waals surface area contributed by atoms with Crippen molar-refractivity contribution in [2.45, 2.75) is 0 Å². The van der Waals surface area contributed by atoms with Crippen LogP contribution in [0.3, 0.4) is 0 Å². The van der Waals surface area contributed by atoms with Gasteiger partial charge in [-0.05, 0) is 36.4 Å². The van der Waals surface area contributed by atoms with E-state index >= 15 is 0 Å². The van der Waals surface area contributed by atoms with Gasteiger partial charge >= 0.3 is 6.09 Å². The predicted molar refractivity (Wildman–Crippen MR) is 102 cm³/mol. The lowest BCUT2D eigenvalue weighted by Crippen LogP contribution is -2.23. The molecule has 1 aromatic heterocycles. The van der Waals surface area contributed by atoms with Crippen molar-refractivity contribution in [3.05, 3.63) is 71.8 Å². The molecule has 8 heteroatoms. The topological polar surface area (TPSA) is 76.5 Å². The maximum absolute atomic E-state index is 12.6. The molecule has 0 radical (unpaired) electrons. The van der Waals surface area contributed by atoms with Gasteiger partial charge < -0.3 is 14.6 Å². The molecule has 7 nitrogen and oxygen atoms in total. The summed E-state index contributed by atoms with van der Waals surface area (Å²) >= 11 is 6.32. The zero-order valence-electron chi connectivity index (χ0n) is 14.1. The first-order valence-corrected chi connectivity index (χ1v) is 8.63. The lowest BCUT2D eigenvalue weighted by molar-refractivity contribution is 0.102. The van der Waals surface area contributed by atoms with Crippen LogP contribution in [-0.2, 0) is 4.74 Å². The minimum atomic E-state index is -0.408. The Morgan fingerprint density at radius 1 is 1.22 bits per heavy atom. The summed E-state index contributed by atoms with van der Waals surface area (Å²) in [6.07, 6.45) is 4.69. The molecule has 1 aliphatic rings. The Hall–Kier alpha value is -3.32. The first kappa shape index (κ1) is 17.1. The number of ether oxygens (including phenoxy) is 1. The van der Waals surface area contributed by atoms with Crippen LogP contribution in [0.2, 0.25) is 5.02 Å². The number of cyclic esters (lactones) is 1. The second-order valence-electron chi connectivity index (χ2n) is 5.91. The molecule has 0 bridgehead atoms. The number of imidazole rings is 1. The molecule has 3 aromatic rings. The van der Waals surface area contributed by atoms with Crippen LogP contribution in [-0.4, -0.2) is 34.7 Å². The number of nitrogens with one attached hydrogen (secondary N) is 1. The van der Waals surface area contributed by atoms with Gasteiger partial charge in [0.1, 0.15) is 6.61 Å². The minimum absolute atomic E-state index is 0.295. The van der Waals surface area contributed by atoms with E-state index in [0.29, 0.717) is 35.1 Å². The molecule has 0 saturated carbocycles. The van der Waals surface area contributed by atoms with Crippen molar-refractivity contribution < 1.29 is 14.3 Å². The summed E-state index contributed by atoms with van der Waals surface area (Å²) in [5, 5.41) is 3.30. The lowest BCUT2D eigenvalue weighted by Gasteiger charge is -2.14. The monoisotopic (exact) mass is 382 g/mol. The first-order valence-electron chi connectivity index (χ1n) is 8.25. The molecule has 1 N–H and O–H groups in total. The van der Waals surface area contributed by atoms with Crippen molar-refractivity contribution in [2.24, 2.45) is 0 Å². The van der Waals surface area contributed by atoms with Gasteiger partial charge in [-0.25, -0.2) is 9.78 Å².